The van der Waals surface area contributed by atoms with Gasteiger partial charge in [-0.05, 0) is 68.4 Å². The summed E-state index contributed by atoms with van der Waals surface area (Å²) >= 11 is 0. The maximum atomic E-state index is 13.1. The third-order valence-corrected chi connectivity index (χ3v) is 7.15. The number of anilines is 3. The first-order chi connectivity index (χ1) is 18.0. The van der Waals surface area contributed by atoms with Crippen molar-refractivity contribution in [3.8, 4) is 0 Å². The lowest BCUT2D eigenvalue weighted by Crippen LogP contribution is -2.41. The molecule has 2 aromatic carbocycles. The van der Waals surface area contributed by atoms with Gasteiger partial charge in [-0.1, -0.05) is 23.8 Å². The van der Waals surface area contributed by atoms with E-state index in [0.29, 0.717) is 18.6 Å². The molecule has 0 aromatic heterocycles. The molecule has 2 amide bonds. The van der Waals surface area contributed by atoms with Crippen LogP contribution in [-0.4, -0.2) is 58.6 Å². The molecule has 37 heavy (non-hydrogen) atoms. The Kier molecular flexibility index (Phi) is 9.41. The Morgan fingerprint density at radius 1 is 1.03 bits per heavy atom. The van der Waals surface area contributed by atoms with Gasteiger partial charge in [0, 0.05) is 44.5 Å². The quantitative estimate of drug-likeness (QED) is 0.398. The zero-order chi connectivity index (χ0) is 26.2. The van der Waals surface area contributed by atoms with Crippen LogP contribution in [0.15, 0.2) is 42.5 Å². The highest BCUT2D eigenvalue weighted by atomic mass is 16.5. The molecule has 1 atom stereocenters. The van der Waals surface area contributed by atoms with Gasteiger partial charge in [0.05, 0.1) is 31.5 Å². The number of nitrogens with zero attached hydrogens (tertiary/aromatic N) is 1. The van der Waals surface area contributed by atoms with Crippen molar-refractivity contribution in [3.05, 3.63) is 53.6 Å². The van der Waals surface area contributed by atoms with Gasteiger partial charge in [-0.3, -0.25) is 4.79 Å². The molecule has 1 aliphatic carbocycles. The number of amides is 2. The largest absolute Gasteiger partial charge is 0.469 e. The summed E-state index contributed by atoms with van der Waals surface area (Å²) in [5.74, 6) is 0.194. The summed E-state index contributed by atoms with van der Waals surface area (Å²) < 4.78 is 16.0. The van der Waals surface area contributed by atoms with Crippen molar-refractivity contribution in [2.45, 2.75) is 51.0 Å². The van der Waals surface area contributed by atoms with Crippen LogP contribution in [-0.2, 0) is 19.0 Å². The molecule has 0 radical (unpaired) electrons. The van der Waals surface area contributed by atoms with Gasteiger partial charge in [0.1, 0.15) is 0 Å². The van der Waals surface area contributed by atoms with E-state index in [1.165, 1.54) is 20.0 Å². The first-order valence-corrected chi connectivity index (χ1v) is 13.2. The van der Waals surface area contributed by atoms with Crippen molar-refractivity contribution < 1.29 is 23.8 Å². The van der Waals surface area contributed by atoms with Gasteiger partial charge < -0.3 is 29.7 Å². The molecule has 1 unspecified atom stereocenters. The fraction of sp³-hybridized carbons (Fsp3) is 0.517. The zero-order valence-corrected chi connectivity index (χ0v) is 22.1. The Balaban J connectivity index is 1.65. The van der Waals surface area contributed by atoms with Crippen LogP contribution in [0, 0.1) is 12.8 Å². The van der Waals surface area contributed by atoms with Crippen LogP contribution >= 0.6 is 0 Å². The fourth-order valence-corrected chi connectivity index (χ4v) is 4.86. The topological polar surface area (TPSA) is 89.1 Å². The molecule has 8 nitrogen and oxygen atoms in total. The number of hydrogen-bond acceptors (Lipinski definition) is 6. The number of carbonyl (C=O) groups is 2. The first kappa shape index (κ1) is 26.9. The number of methoxy groups -OCH3 is 2. The van der Waals surface area contributed by atoms with E-state index in [-0.39, 0.29) is 24.3 Å². The number of benzene rings is 2. The van der Waals surface area contributed by atoms with Crippen molar-refractivity contribution >= 4 is 29.1 Å². The average Bonchev–Trinajstić information content (AvgIpc) is 3.73. The molecule has 2 aromatic rings. The highest BCUT2D eigenvalue weighted by Crippen LogP contribution is 2.38. The smallest absolute Gasteiger partial charge is 0.323 e. The number of nitrogens with one attached hydrogen (secondary N) is 2. The van der Waals surface area contributed by atoms with E-state index in [1.54, 1.807) is 7.11 Å². The SMILES string of the molecule is COCC(CC(=O)OC)c1ccc(N(CC2CC2)C2CCOCC2)c(NC(=O)Nc2ccc(C)cc2)c1. The summed E-state index contributed by atoms with van der Waals surface area (Å²) in [6, 6.07) is 13.9. The van der Waals surface area contributed by atoms with Crippen LogP contribution in [0.5, 0.6) is 0 Å². The molecule has 0 bridgehead atoms. The molecule has 8 heteroatoms. The van der Waals surface area contributed by atoms with Gasteiger partial charge in [0.2, 0.25) is 0 Å². The fourth-order valence-electron chi connectivity index (χ4n) is 4.86. The van der Waals surface area contributed by atoms with Crippen molar-refractivity contribution in [1.29, 1.82) is 0 Å². The number of esters is 1. The summed E-state index contributed by atoms with van der Waals surface area (Å²) in [6.45, 7) is 4.83. The van der Waals surface area contributed by atoms with E-state index in [4.69, 9.17) is 14.2 Å². The van der Waals surface area contributed by atoms with Gasteiger partial charge in [0.15, 0.2) is 0 Å². The second-order valence-corrected chi connectivity index (χ2v) is 10.1. The lowest BCUT2D eigenvalue weighted by Gasteiger charge is -2.37. The van der Waals surface area contributed by atoms with Crippen molar-refractivity contribution in [2.24, 2.45) is 5.92 Å². The summed E-state index contributed by atoms with van der Waals surface area (Å²) in [5, 5.41) is 6.06. The molecule has 0 spiro atoms. The van der Waals surface area contributed by atoms with Crippen LogP contribution in [0.25, 0.3) is 0 Å². The lowest BCUT2D eigenvalue weighted by molar-refractivity contribution is -0.141. The maximum absolute atomic E-state index is 13.1. The van der Waals surface area contributed by atoms with E-state index >= 15 is 0 Å². The van der Waals surface area contributed by atoms with Crippen LogP contribution in [0.1, 0.15) is 49.1 Å². The van der Waals surface area contributed by atoms with Crippen LogP contribution in [0.2, 0.25) is 0 Å². The minimum Gasteiger partial charge on any atom is -0.469 e. The Morgan fingerprint density at radius 2 is 1.76 bits per heavy atom. The van der Waals surface area contributed by atoms with E-state index in [9.17, 15) is 9.59 Å². The summed E-state index contributed by atoms with van der Waals surface area (Å²) in [5.41, 5.74) is 4.49. The monoisotopic (exact) mass is 509 g/mol. The van der Waals surface area contributed by atoms with Crippen molar-refractivity contribution in [1.82, 2.24) is 0 Å². The normalized spacial score (nSPS) is 16.6. The van der Waals surface area contributed by atoms with E-state index in [2.05, 4.69) is 21.6 Å². The van der Waals surface area contributed by atoms with Gasteiger partial charge >= 0.3 is 12.0 Å². The van der Waals surface area contributed by atoms with Gasteiger partial charge in [-0.25, -0.2) is 4.79 Å². The predicted molar refractivity (Wildman–Crippen MR) is 145 cm³/mol. The van der Waals surface area contributed by atoms with E-state index < -0.39 is 0 Å². The summed E-state index contributed by atoms with van der Waals surface area (Å²) in [7, 11) is 3.01. The molecule has 2 fully saturated rings. The third kappa shape index (κ3) is 7.69. The molecule has 1 heterocycles. The van der Waals surface area contributed by atoms with Crippen LogP contribution < -0.4 is 15.5 Å². The first-order valence-electron chi connectivity index (χ1n) is 13.2. The molecular formula is C29H39N3O5. The summed E-state index contributed by atoms with van der Waals surface area (Å²) in [6.07, 6.45) is 4.59. The highest BCUT2D eigenvalue weighted by Gasteiger charge is 2.31. The second-order valence-electron chi connectivity index (χ2n) is 10.1. The maximum Gasteiger partial charge on any atom is 0.323 e. The molecule has 2 N–H and O–H groups in total. The van der Waals surface area contributed by atoms with E-state index in [0.717, 1.165) is 60.8 Å². The minimum atomic E-state index is -0.308. The number of aryl methyl sites for hydroxylation is 1. The molecule has 1 saturated heterocycles. The standard InChI is InChI=1S/C29H39N3O5/c1-20-4-9-24(10-5-20)30-29(34)31-26-16-22(23(19-35-2)17-28(33)36-3)8-11-27(26)32(18-21-6-7-21)25-12-14-37-15-13-25/h4-5,8-11,16,21,23,25H,6-7,12-15,17-19H2,1-3H3,(H2,30,31,34). The Hall–Kier alpha value is -3.10. The number of ether oxygens (including phenoxy) is 3. The second kappa shape index (κ2) is 12.9. The Morgan fingerprint density at radius 3 is 2.41 bits per heavy atom. The van der Waals surface area contributed by atoms with Gasteiger partial charge in [-0.15, -0.1) is 0 Å². The minimum absolute atomic E-state index is 0.188. The number of carbonyl (C=O) groups excluding carboxylic acids is 2. The number of urea groups is 1. The van der Waals surface area contributed by atoms with E-state index in [1.807, 2.05) is 43.3 Å². The van der Waals surface area contributed by atoms with Crippen molar-refractivity contribution in [2.75, 3.05) is 56.1 Å². The molecule has 200 valence electrons. The van der Waals surface area contributed by atoms with Crippen molar-refractivity contribution in [3.63, 3.8) is 0 Å². The molecule has 1 aliphatic heterocycles. The summed E-state index contributed by atoms with van der Waals surface area (Å²) in [4.78, 5) is 27.7. The van der Waals surface area contributed by atoms with Gasteiger partial charge in [-0.2, -0.15) is 0 Å². The molecule has 1 saturated carbocycles. The predicted octanol–water partition coefficient (Wildman–Crippen LogP) is 5.33. The Labute approximate surface area is 219 Å². The Bertz CT molecular complexity index is 1050. The zero-order valence-electron chi connectivity index (χ0n) is 22.1. The molecule has 4 rings (SSSR count). The number of rotatable bonds is 11. The number of hydrogen-bond donors (Lipinski definition) is 2. The van der Waals surface area contributed by atoms with Crippen LogP contribution in [0.4, 0.5) is 21.9 Å². The lowest BCUT2D eigenvalue weighted by atomic mass is 9.94. The molecular weight excluding hydrogens is 470 g/mol. The highest BCUT2D eigenvalue weighted by molar-refractivity contribution is 6.02. The van der Waals surface area contributed by atoms with Gasteiger partial charge in [0.25, 0.3) is 0 Å². The average molecular weight is 510 g/mol. The molecule has 2 aliphatic rings. The third-order valence-electron chi connectivity index (χ3n) is 7.15. The van der Waals surface area contributed by atoms with Crippen LogP contribution in [0.3, 0.4) is 0 Å².